The zero-order valence-corrected chi connectivity index (χ0v) is 8.25. The van der Waals surface area contributed by atoms with E-state index in [4.69, 9.17) is 5.11 Å². The number of hydrogen-bond donors (Lipinski definition) is 1. The van der Waals surface area contributed by atoms with E-state index in [9.17, 15) is 13.2 Å². The van der Waals surface area contributed by atoms with Crippen molar-refractivity contribution in [2.24, 2.45) is 0 Å². The van der Waals surface area contributed by atoms with Crippen molar-refractivity contribution < 1.29 is 18.3 Å². The quantitative estimate of drug-likeness (QED) is 0.846. The Morgan fingerprint density at radius 2 is 2.13 bits per heavy atom. The van der Waals surface area contributed by atoms with Gasteiger partial charge in [-0.25, -0.2) is 0 Å². The van der Waals surface area contributed by atoms with E-state index in [1.165, 1.54) is 12.3 Å². The first-order valence-corrected chi connectivity index (χ1v) is 4.59. The van der Waals surface area contributed by atoms with E-state index in [1.54, 1.807) is 6.92 Å². The van der Waals surface area contributed by atoms with Crippen molar-refractivity contribution in [2.45, 2.75) is 32.0 Å². The number of aliphatic hydroxyl groups is 1. The number of hydrogen-bond acceptors (Lipinski definition) is 2. The lowest BCUT2D eigenvalue weighted by atomic mass is 10.0. The van der Waals surface area contributed by atoms with Crippen molar-refractivity contribution in [3.63, 3.8) is 0 Å². The first-order chi connectivity index (χ1) is 6.91. The molecule has 1 aromatic rings. The number of halogens is 3. The maximum atomic E-state index is 12.5. The molecular weight excluding hydrogens is 207 g/mol. The molecule has 0 fully saturated rings. The van der Waals surface area contributed by atoms with E-state index in [-0.39, 0.29) is 12.0 Å². The zero-order valence-electron chi connectivity index (χ0n) is 8.25. The minimum atomic E-state index is -4.37. The molecule has 0 saturated heterocycles. The van der Waals surface area contributed by atoms with Crippen LogP contribution in [0.3, 0.4) is 0 Å². The molecule has 0 saturated carbocycles. The highest BCUT2D eigenvalue weighted by Crippen LogP contribution is 2.31. The summed E-state index contributed by atoms with van der Waals surface area (Å²) < 4.78 is 37.4. The van der Waals surface area contributed by atoms with Crippen LogP contribution in [0.15, 0.2) is 18.5 Å². The zero-order chi connectivity index (χ0) is 11.5. The number of aromatic nitrogens is 1. The van der Waals surface area contributed by atoms with Gasteiger partial charge in [0.25, 0.3) is 0 Å². The fourth-order valence-electron chi connectivity index (χ4n) is 1.26. The molecule has 0 aliphatic carbocycles. The summed E-state index contributed by atoms with van der Waals surface area (Å²) in [5.74, 6) is 0. The fraction of sp³-hybridized carbons (Fsp3) is 0.500. The van der Waals surface area contributed by atoms with E-state index < -0.39 is 17.8 Å². The van der Waals surface area contributed by atoms with Gasteiger partial charge in [-0.15, -0.1) is 0 Å². The molecule has 0 aliphatic rings. The molecule has 1 N–H and O–H groups in total. The highest BCUT2D eigenvalue weighted by atomic mass is 19.4. The SMILES string of the molecule is C[C@H](O)CCc1ccncc1C(F)(F)F. The highest BCUT2D eigenvalue weighted by molar-refractivity contribution is 5.26. The van der Waals surface area contributed by atoms with E-state index in [0.29, 0.717) is 6.42 Å². The Morgan fingerprint density at radius 1 is 1.47 bits per heavy atom. The third-order valence-corrected chi connectivity index (χ3v) is 2.05. The van der Waals surface area contributed by atoms with Crippen molar-refractivity contribution in [1.82, 2.24) is 4.98 Å². The predicted molar refractivity (Wildman–Crippen MR) is 49.2 cm³/mol. The fourth-order valence-corrected chi connectivity index (χ4v) is 1.26. The molecular formula is C10H12F3NO. The molecule has 1 rings (SSSR count). The van der Waals surface area contributed by atoms with Crippen molar-refractivity contribution in [3.8, 4) is 0 Å². The van der Waals surface area contributed by atoms with Crippen molar-refractivity contribution in [2.75, 3.05) is 0 Å². The third-order valence-electron chi connectivity index (χ3n) is 2.05. The number of alkyl halides is 3. The average molecular weight is 219 g/mol. The Morgan fingerprint density at radius 3 is 2.67 bits per heavy atom. The molecule has 5 heteroatoms. The summed E-state index contributed by atoms with van der Waals surface area (Å²) in [4.78, 5) is 3.46. The van der Waals surface area contributed by atoms with Crippen molar-refractivity contribution >= 4 is 0 Å². The van der Waals surface area contributed by atoms with Gasteiger partial charge in [-0.2, -0.15) is 13.2 Å². The smallest absolute Gasteiger partial charge is 0.393 e. The van der Waals surface area contributed by atoms with Crippen LogP contribution < -0.4 is 0 Å². The second-order valence-corrected chi connectivity index (χ2v) is 3.42. The van der Waals surface area contributed by atoms with Crippen LogP contribution in [-0.2, 0) is 12.6 Å². The predicted octanol–water partition coefficient (Wildman–Crippen LogP) is 2.41. The van der Waals surface area contributed by atoms with Crippen LogP contribution in [0.2, 0.25) is 0 Å². The molecule has 84 valence electrons. The van der Waals surface area contributed by atoms with Crippen molar-refractivity contribution in [1.29, 1.82) is 0 Å². The normalized spacial score (nSPS) is 13.9. The van der Waals surface area contributed by atoms with Gasteiger partial charge in [0.1, 0.15) is 0 Å². The van der Waals surface area contributed by atoms with Gasteiger partial charge in [-0.05, 0) is 31.4 Å². The first-order valence-electron chi connectivity index (χ1n) is 4.59. The molecule has 0 spiro atoms. The first kappa shape index (κ1) is 12.0. The Balaban J connectivity index is 2.87. The lowest BCUT2D eigenvalue weighted by Gasteiger charge is -2.12. The number of aliphatic hydroxyl groups excluding tert-OH is 1. The lowest BCUT2D eigenvalue weighted by Crippen LogP contribution is -2.11. The van der Waals surface area contributed by atoms with Crippen LogP contribution in [0.5, 0.6) is 0 Å². The summed E-state index contributed by atoms with van der Waals surface area (Å²) in [7, 11) is 0. The molecule has 2 nitrogen and oxygen atoms in total. The molecule has 0 aliphatic heterocycles. The van der Waals surface area contributed by atoms with E-state index in [2.05, 4.69) is 4.98 Å². The summed E-state index contributed by atoms with van der Waals surface area (Å²) in [5.41, 5.74) is -0.538. The van der Waals surface area contributed by atoms with E-state index in [0.717, 1.165) is 6.20 Å². The maximum Gasteiger partial charge on any atom is 0.418 e. The molecule has 0 aromatic carbocycles. The Labute approximate surface area is 85.8 Å². The summed E-state index contributed by atoms with van der Waals surface area (Å²) in [6.07, 6.45) is -2.31. The number of aryl methyl sites for hydroxylation is 1. The van der Waals surface area contributed by atoms with Gasteiger partial charge in [0.15, 0.2) is 0 Å². The van der Waals surface area contributed by atoms with Crippen LogP contribution in [0, 0.1) is 0 Å². The van der Waals surface area contributed by atoms with Crippen LogP contribution >= 0.6 is 0 Å². The minimum absolute atomic E-state index is 0.179. The maximum absolute atomic E-state index is 12.5. The van der Waals surface area contributed by atoms with Crippen LogP contribution in [0.25, 0.3) is 0 Å². The number of pyridine rings is 1. The minimum Gasteiger partial charge on any atom is -0.393 e. The van der Waals surface area contributed by atoms with Crippen molar-refractivity contribution in [3.05, 3.63) is 29.6 Å². The molecule has 0 amide bonds. The summed E-state index contributed by atoms with van der Waals surface area (Å²) in [6, 6.07) is 1.34. The monoisotopic (exact) mass is 219 g/mol. The van der Waals surface area contributed by atoms with Gasteiger partial charge in [0.2, 0.25) is 0 Å². The molecule has 0 bridgehead atoms. The summed E-state index contributed by atoms with van der Waals surface area (Å²) >= 11 is 0. The molecule has 1 atom stereocenters. The van der Waals surface area contributed by atoms with Gasteiger partial charge in [0.05, 0.1) is 11.7 Å². The van der Waals surface area contributed by atoms with Crippen LogP contribution in [0.4, 0.5) is 13.2 Å². The molecule has 1 aromatic heterocycles. The molecule has 15 heavy (non-hydrogen) atoms. The molecule has 0 unspecified atom stereocenters. The van der Waals surface area contributed by atoms with Gasteiger partial charge in [0, 0.05) is 12.4 Å². The average Bonchev–Trinajstić information content (AvgIpc) is 2.13. The Hall–Kier alpha value is -1.10. The van der Waals surface area contributed by atoms with E-state index >= 15 is 0 Å². The second kappa shape index (κ2) is 4.61. The molecule has 0 radical (unpaired) electrons. The summed E-state index contributed by atoms with van der Waals surface area (Å²) in [6.45, 7) is 1.55. The van der Waals surface area contributed by atoms with E-state index in [1.807, 2.05) is 0 Å². The lowest BCUT2D eigenvalue weighted by molar-refractivity contribution is -0.138. The Kier molecular flexibility index (Phi) is 3.68. The standard InChI is InChI=1S/C10H12F3NO/c1-7(15)2-3-8-4-5-14-6-9(8)10(11,12)13/h4-7,15H,2-3H2,1H3/t7-/m0/s1. The topological polar surface area (TPSA) is 33.1 Å². The third kappa shape index (κ3) is 3.51. The highest BCUT2D eigenvalue weighted by Gasteiger charge is 2.33. The van der Waals surface area contributed by atoms with Gasteiger partial charge in [-0.3, -0.25) is 4.98 Å². The van der Waals surface area contributed by atoms with Crippen LogP contribution in [-0.4, -0.2) is 16.2 Å². The second-order valence-electron chi connectivity index (χ2n) is 3.42. The van der Waals surface area contributed by atoms with Crippen LogP contribution in [0.1, 0.15) is 24.5 Å². The van der Waals surface area contributed by atoms with Gasteiger partial charge < -0.3 is 5.11 Å². The van der Waals surface area contributed by atoms with Gasteiger partial charge in [-0.1, -0.05) is 0 Å². The number of nitrogens with zero attached hydrogens (tertiary/aromatic N) is 1. The molecule has 1 heterocycles. The van der Waals surface area contributed by atoms with Gasteiger partial charge >= 0.3 is 6.18 Å². The largest absolute Gasteiger partial charge is 0.418 e. The summed E-state index contributed by atoms with van der Waals surface area (Å²) in [5, 5.41) is 9.01. The Bertz CT molecular complexity index is 323. The number of rotatable bonds is 3.